The SMILES string of the molecule is CC(=C1[C@H]2C=C[C@H]1[C@H]1C(=O)N(c3ccccc3Br)C(=O)[C@@H]12)c1ccccc1. The van der Waals surface area contributed by atoms with Gasteiger partial charge in [-0.15, -0.1) is 0 Å². The number of carbonyl (C=O) groups excluding carboxylic acids is 2. The molecule has 2 bridgehead atoms. The van der Waals surface area contributed by atoms with Gasteiger partial charge in [-0.05, 0) is 46.1 Å². The van der Waals surface area contributed by atoms with Gasteiger partial charge in [0, 0.05) is 16.3 Å². The molecule has 2 fully saturated rings. The van der Waals surface area contributed by atoms with E-state index in [4.69, 9.17) is 0 Å². The number of hydrogen-bond acceptors (Lipinski definition) is 2. The Balaban J connectivity index is 1.58. The number of hydrogen-bond donors (Lipinski definition) is 0. The van der Waals surface area contributed by atoms with Gasteiger partial charge < -0.3 is 0 Å². The summed E-state index contributed by atoms with van der Waals surface area (Å²) in [5.41, 5.74) is 4.24. The first-order chi connectivity index (χ1) is 13.1. The van der Waals surface area contributed by atoms with Crippen molar-refractivity contribution in [3.8, 4) is 0 Å². The molecule has 3 aliphatic rings. The molecule has 4 heteroatoms. The normalized spacial score (nSPS) is 28.2. The largest absolute Gasteiger partial charge is 0.274 e. The molecule has 1 saturated heterocycles. The van der Waals surface area contributed by atoms with E-state index in [0.29, 0.717) is 5.69 Å². The number of fused-ring (bicyclic) bond motifs is 5. The van der Waals surface area contributed by atoms with Crippen LogP contribution in [0.25, 0.3) is 5.57 Å². The lowest BCUT2D eigenvalue weighted by molar-refractivity contribution is -0.122. The van der Waals surface area contributed by atoms with E-state index in [1.807, 2.05) is 42.5 Å². The molecule has 5 rings (SSSR count). The number of allylic oxidation sites excluding steroid dienone is 4. The third kappa shape index (κ3) is 2.26. The highest BCUT2D eigenvalue weighted by molar-refractivity contribution is 9.10. The molecule has 27 heavy (non-hydrogen) atoms. The summed E-state index contributed by atoms with van der Waals surface area (Å²) in [5.74, 6) is -0.686. The Bertz CT molecular complexity index is 990. The second-order valence-electron chi connectivity index (χ2n) is 7.40. The monoisotopic (exact) mass is 419 g/mol. The Morgan fingerprint density at radius 1 is 0.852 bits per heavy atom. The number of carbonyl (C=O) groups is 2. The van der Waals surface area contributed by atoms with Crippen LogP contribution in [0.3, 0.4) is 0 Å². The van der Waals surface area contributed by atoms with Gasteiger partial charge in [-0.1, -0.05) is 60.2 Å². The second kappa shape index (κ2) is 6.03. The summed E-state index contributed by atoms with van der Waals surface area (Å²) < 4.78 is 0.767. The number of halogens is 1. The van der Waals surface area contributed by atoms with Crippen molar-refractivity contribution in [3.63, 3.8) is 0 Å². The first-order valence-corrected chi connectivity index (χ1v) is 9.95. The fourth-order valence-corrected chi connectivity index (χ4v) is 5.45. The van der Waals surface area contributed by atoms with E-state index in [9.17, 15) is 9.59 Å². The van der Waals surface area contributed by atoms with E-state index >= 15 is 0 Å². The van der Waals surface area contributed by atoms with Gasteiger partial charge in [-0.3, -0.25) is 9.59 Å². The third-order valence-electron chi connectivity index (χ3n) is 6.15. The molecule has 1 saturated carbocycles. The maximum absolute atomic E-state index is 13.3. The van der Waals surface area contributed by atoms with Crippen LogP contribution in [-0.2, 0) is 9.59 Å². The topological polar surface area (TPSA) is 37.4 Å². The Morgan fingerprint density at radius 3 is 2.00 bits per heavy atom. The van der Waals surface area contributed by atoms with Gasteiger partial charge in [0.15, 0.2) is 0 Å². The van der Waals surface area contributed by atoms with Crippen LogP contribution in [-0.4, -0.2) is 11.8 Å². The number of rotatable bonds is 2. The van der Waals surface area contributed by atoms with E-state index < -0.39 is 0 Å². The van der Waals surface area contributed by atoms with Crippen LogP contribution >= 0.6 is 15.9 Å². The molecular formula is C23H18BrNO2. The molecule has 1 aliphatic heterocycles. The number of para-hydroxylation sites is 1. The average molecular weight is 420 g/mol. The predicted octanol–water partition coefficient (Wildman–Crippen LogP) is 4.84. The Morgan fingerprint density at radius 2 is 1.41 bits per heavy atom. The van der Waals surface area contributed by atoms with Crippen molar-refractivity contribution in [1.82, 2.24) is 0 Å². The van der Waals surface area contributed by atoms with Crippen molar-refractivity contribution in [3.05, 3.63) is 82.4 Å². The number of anilines is 1. The van der Waals surface area contributed by atoms with Gasteiger partial charge in [-0.2, -0.15) is 0 Å². The summed E-state index contributed by atoms with van der Waals surface area (Å²) in [6.45, 7) is 2.11. The minimum absolute atomic E-state index is 0.0177. The maximum Gasteiger partial charge on any atom is 0.238 e. The summed E-state index contributed by atoms with van der Waals surface area (Å²) in [6, 6.07) is 17.6. The Kier molecular flexibility index (Phi) is 3.73. The highest BCUT2D eigenvalue weighted by Gasteiger charge is 2.62. The molecule has 4 atom stereocenters. The van der Waals surface area contributed by atoms with Gasteiger partial charge in [0.2, 0.25) is 11.8 Å². The molecule has 2 aromatic rings. The molecule has 2 amide bonds. The van der Waals surface area contributed by atoms with Crippen LogP contribution < -0.4 is 4.90 Å². The van der Waals surface area contributed by atoms with Crippen molar-refractivity contribution in [2.75, 3.05) is 4.90 Å². The van der Waals surface area contributed by atoms with Gasteiger partial charge in [0.05, 0.1) is 17.5 Å². The molecule has 0 aromatic heterocycles. The highest BCUT2D eigenvalue weighted by atomic mass is 79.9. The van der Waals surface area contributed by atoms with E-state index in [1.54, 1.807) is 0 Å². The zero-order valence-corrected chi connectivity index (χ0v) is 16.4. The first kappa shape index (κ1) is 16.7. The predicted molar refractivity (Wildman–Crippen MR) is 109 cm³/mol. The highest BCUT2D eigenvalue weighted by Crippen LogP contribution is 2.58. The van der Waals surface area contributed by atoms with Crippen LogP contribution in [0, 0.1) is 23.7 Å². The van der Waals surface area contributed by atoms with Crippen LogP contribution in [0.2, 0.25) is 0 Å². The van der Waals surface area contributed by atoms with Gasteiger partial charge >= 0.3 is 0 Å². The zero-order chi connectivity index (χ0) is 18.7. The summed E-state index contributed by atoms with van der Waals surface area (Å²) in [4.78, 5) is 27.9. The number of amides is 2. The number of benzene rings is 2. The minimum atomic E-state index is -0.284. The fraction of sp³-hybridized carbons (Fsp3) is 0.217. The van der Waals surface area contributed by atoms with Crippen molar-refractivity contribution in [2.24, 2.45) is 23.7 Å². The van der Waals surface area contributed by atoms with Crippen molar-refractivity contribution in [2.45, 2.75) is 6.92 Å². The molecule has 3 nitrogen and oxygen atoms in total. The van der Waals surface area contributed by atoms with Crippen LogP contribution in [0.4, 0.5) is 5.69 Å². The molecule has 0 unspecified atom stereocenters. The molecule has 2 aromatic carbocycles. The maximum atomic E-state index is 13.3. The van der Waals surface area contributed by atoms with Crippen molar-refractivity contribution in [1.29, 1.82) is 0 Å². The quantitative estimate of drug-likeness (QED) is 0.515. The minimum Gasteiger partial charge on any atom is -0.274 e. The molecule has 0 N–H and O–H groups in total. The molecule has 134 valence electrons. The van der Waals surface area contributed by atoms with E-state index in [2.05, 4.69) is 47.1 Å². The van der Waals surface area contributed by atoms with Crippen LogP contribution in [0.15, 0.2) is 76.8 Å². The summed E-state index contributed by atoms with van der Waals surface area (Å²) in [5, 5.41) is 0. The molecule has 0 spiro atoms. The molecule has 2 aliphatic carbocycles. The lowest BCUT2D eigenvalue weighted by Gasteiger charge is -2.21. The van der Waals surface area contributed by atoms with Crippen molar-refractivity contribution < 1.29 is 9.59 Å². The summed E-state index contributed by atoms with van der Waals surface area (Å²) in [7, 11) is 0. The van der Waals surface area contributed by atoms with Gasteiger partial charge in [0.25, 0.3) is 0 Å². The standard InChI is InChI=1S/C23H18BrNO2/c1-13(14-7-3-2-4-8-14)19-15-11-12-16(19)21-20(15)22(26)25(23(21)27)18-10-6-5-9-17(18)24/h2-12,15-16,20-21H,1H3/t15-,16-,20-,21-/m1/s1. The van der Waals surface area contributed by atoms with Crippen LogP contribution in [0.5, 0.6) is 0 Å². The second-order valence-corrected chi connectivity index (χ2v) is 8.25. The molecule has 0 radical (unpaired) electrons. The Hall–Kier alpha value is -2.46. The van der Waals surface area contributed by atoms with E-state index in [0.717, 1.165) is 10.0 Å². The van der Waals surface area contributed by atoms with Gasteiger partial charge in [0.1, 0.15) is 0 Å². The van der Waals surface area contributed by atoms with Gasteiger partial charge in [-0.25, -0.2) is 4.90 Å². The summed E-state index contributed by atoms with van der Waals surface area (Å²) >= 11 is 3.48. The fourth-order valence-electron chi connectivity index (χ4n) is 4.99. The number of imide groups is 1. The smallest absolute Gasteiger partial charge is 0.238 e. The first-order valence-electron chi connectivity index (χ1n) is 9.16. The Labute approximate surface area is 166 Å². The van der Waals surface area contributed by atoms with Crippen LogP contribution in [0.1, 0.15) is 12.5 Å². The molecule has 1 heterocycles. The van der Waals surface area contributed by atoms with Crippen molar-refractivity contribution >= 4 is 39.0 Å². The lowest BCUT2D eigenvalue weighted by atomic mass is 9.85. The zero-order valence-electron chi connectivity index (χ0n) is 14.8. The third-order valence-corrected chi connectivity index (χ3v) is 6.82. The average Bonchev–Trinajstić information content (AvgIpc) is 3.33. The van der Waals surface area contributed by atoms with E-state index in [-0.39, 0.29) is 35.5 Å². The number of nitrogens with zero attached hydrogens (tertiary/aromatic N) is 1. The lowest BCUT2D eigenvalue weighted by Crippen LogP contribution is -2.33. The molecular weight excluding hydrogens is 402 g/mol. The van der Waals surface area contributed by atoms with E-state index in [1.165, 1.54) is 16.0 Å². The summed E-state index contributed by atoms with van der Waals surface area (Å²) in [6.07, 6.45) is 4.25.